The highest BCUT2D eigenvalue weighted by Gasteiger charge is 2.31. The average Bonchev–Trinajstić information content (AvgIpc) is 2.39. The molecule has 1 aromatic rings. The van der Waals surface area contributed by atoms with Crippen molar-refractivity contribution in [2.24, 2.45) is 5.41 Å². The monoisotopic (exact) mass is 268 g/mol. The third-order valence-electron chi connectivity index (χ3n) is 2.81. The van der Waals surface area contributed by atoms with Crippen molar-refractivity contribution in [3.8, 4) is 11.8 Å². The summed E-state index contributed by atoms with van der Waals surface area (Å²) in [4.78, 5) is 12.0. The quantitative estimate of drug-likeness (QED) is 0.892. The lowest BCUT2D eigenvalue weighted by atomic mass is 9.88. The van der Waals surface area contributed by atoms with Crippen molar-refractivity contribution in [1.29, 1.82) is 5.26 Å². The zero-order valence-corrected chi connectivity index (χ0v) is 10.6. The van der Waals surface area contributed by atoms with E-state index >= 15 is 0 Å². The van der Waals surface area contributed by atoms with Crippen LogP contribution in [0.15, 0.2) is 24.3 Å². The molecule has 0 aliphatic carbocycles. The third-order valence-corrected chi connectivity index (χ3v) is 2.81. The van der Waals surface area contributed by atoms with Gasteiger partial charge in [0.1, 0.15) is 11.2 Å². The molecule has 0 spiro atoms. The standard InChI is InChI=1S/C13H14F2N2O2/c1-3-13(2,8-16)11(18)17-9-6-4-5-7-10(9)19-12(14)15/h4-7,12H,3H2,1-2H3,(H,17,18). The Hall–Kier alpha value is -2.16. The van der Waals surface area contributed by atoms with E-state index in [0.717, 1.165) is 0 Å². The van der Waals surface area contributed by atoms with Crippen LogP contribution < -0.4 is 10.1 Å². The minimum Gasteiger partial charge on any atom is -0.433 e. The summed E-state index contributed by atoms with van der Waals surface area (Å²) in [6, 6.07) is 7.74. The number of carbonyl (C=O) groups excluding carboxylic acids is 1. The predicted molar refractivity (Wildman–Crippen MR) is 65.7 cm³/mol. The van der Waals surface area contributed by atoms with Gasteiger partial charge in [0.25, 0.3) is 0 Å². The van der Waals surface area contributed by atoms with Crippen LogP contribution in [-0.4, -0.2) is 12.5 Å². The summed E-state index contributed by atoms with van der Waals surface area (Å²) in [5.74, 6) is -0.690. The Labute approximate surface area is 110 Å². The van der Waals surface area contributed by atoms with E-state index in [2.05, 4.69) is 10.1 Å². The maximum atomic E-state index is 12.2. The lowest BCUT2D eigenvalue weighted by Gasteiger charge is -2.19. The molecule has 1 atom stereocenters. The van der Waals surface area contributed by atoms with Crippen LogP contribution in [0.5, 0.6) is 5.75 Å². The number of hydrogen-bond acceptors (Lipinski definition) is 3. The van der Waals surface area contributed by atoms with Gasteiger partial charge in [0.2, 0.25) is 5.91 Å². The Kier molecular flexibility index (Phi) is 4.81. The first kappa shape index (κ1) is 14.9. The van der Waals surface area contributed by atoms with Crippen molar-refractivity contribution < 1.29 is 18.3 Å². The largest absolute Gasteiger partial charge is 0.433 e. The van der Waals surface area contributed by atoms with E-state index in [1.165, 1.54) is 25.1 Å². The van der Waals surface area contributed by atoms with Gasteiger partial charge in [0.05, 0.1) is 11.8 Å². The van der Waals surface area contributed by atoms with E-state index in [1.54, 1.807) is 13.0 Å². The molecule has 0 saturated carbocycles. The molecule has 0 aromatic heterocycles. The smallest absolute Gasteiger partial charge is 0.387 e. The molecule has 0 radical (unpaired) electrons. The number of alkyl halides is 2. The second kappa shape index (κ2) is 6.14. The number of rotatable bonds is 5. The number of ether oxygens (including phenoxy) is 1. The van der Waals surface area contributed by atoms with Gasteiger partial charge in [-0.1, -0.05) is 19.1 Å². The minimum atomic E-state index is -2.98. The van der Waals surface area contributed by atoms with Gasteiger partial charge >= 0.3 is 6.61 Å². The van der Waals surface area contributed by atoms with Crippen LogP contribution in [0.2, 0.25) is 0 Å². The number of benzene rings is 1. The fraction of sp³-hybridized carbons (Fsp3) is 0.385. The maximum absolute atomic E-state index is 12.2. The Morgan fingerprint density at radius 3 is 2.68 bits per heavy atom. The van der Waals surface area contributed by atoms with Crippen molar-refractivity contribution in [3.05, 3.63) is 24.3 Å². The molecule has 19 heavy (non-hydrogen) atoms. The highest BCUT2D eigenvalue weighted by Crippen LogP contribution is 2.28. The third kappa shape index (κ3) is 3.65. The molecule has 0 saturated heterocycles. The Bertz CT molecular complexity index is 500. The van der Waals surface area contributed by atoms with Crippen LogP contribution in [0.25, 0.3) is 0 Å². The van der Waals surface area contributed by atoms with E-state index in [-0.39, 0.29) is 11.4 Å². The summed E-state index contributed by atoms with van der Waals surface area (Å²) >= 11 is 0. The molecule has 0 aliphatic rings. The highest BCUT2D eigenvalue weighted by molar-refractivity contribution is 5.97. The van der Waals surface area contributed by atoms with Crippen molar-refractivity contribution in [2.75, 3.05) is 5.32 Å². The zero-order chi connectivity index (χ0) is 14.5. The van der Waals surface area contributed by atoms with Crippen molar-refractivity contribution in [2.45, 2.75) is 26.9 Å². The fourth-order valence-corrected chi connectivity index (χ4v) is 1.32. The second-order valence-corrected chi connectivity index (χ2v) is 4.13. The molecule has 0 bridgehead atoms. The van der Waals surface area contributed by atoms with E-state index in [0.29, 0.717) is 6.42 Å². The molecule has 102 valence electrons. The number of hydrogen-bond donors (Lipinski definition) is 1. The Morgan fingerprint density at radius 2 is 2.16 bits per heavy atom. The highest BCUT2D eigenvalue weighted by atomic mass is 19.3. The molecule has 1 amide bonds. The first-order valence-electron chi connectivity index (χ1n) is 5.69. The summed E-state index contributed by atoms with van der Waals surface area (Å²) in [5, 5.41) is 11.4. The maximum Gasteiger partial charge on any atom is 0.387 e. The van der Waals surface area contributed by atoms with Gasteiger partial charge in [-0.15, -0.1) is 0 Å². The van der Waals surface area contributed by atoms with Crippen molar-refractivity contribution in [3.63, 3.8) is 0 Å². The van der Waals surface area contributed by atoms with Crippen LogP contribution >= 0.6 is 0 Å². The molecule has 1 unspecified atom stereocenters. The van der Waals surface area contributed by atoms with E-state index in [4.69, 9.17) is 5.26 Å². The van der Waals surface area contributed by atoms with Crippen molar-refractivity contribution in [1.82, 2.24) is 0 Å². The molecule has 0 aliphatic heterocycles. The van der Waals surface area contributed by atoms with Gasteiger partial charge in [-0.25, -0.2) is 0 Å². The molecular weight excluding hydrogens is 254 g/mol. The van der Waals surface area contributed by atoms with Crippen LogP contribution in [0.3, 0.4) is 0 Å². The number of carbonyl (C=O) groups is 1. The Morgan fingerprint density at radius 1 is 1.53 bits per heavy atom. The normalized spacial score (nSPS) is 13.5. The van der Waals surface area contributed by atoms with Crippen LogP contribution in [-0.2, 0) is 4.79 Å². The lowest BCUT2D eigenvalue weighted by Crippen LogP contribution is -2.31. The second-order valence-electron chi connectivity index (χ2n) is 4.13. The molecular formula is C13H14F2N2O2. The van der Waals surface area contributed by atoms with E-state index in [9.17, 15) is 13.6 Å². The first-order chi connectivity index (χ1) is 8.92. The molecule has 1 N–H and O–H groups in total. The fourth-order valence-electron chi connectivity index (χ4n) is 1.32. The van der Waals surface area contributed by atoms with Crippen molar-refractivity contribution >= 4 is 11.6 Å². The minimum absolute atomic E-state index is 0.114. The number of anilines is 1. The number of para-hydroxylation sites is 2. The molecule has 1 rings (SSSR count). The van der Waals surface area contributed by atoms with Crippen LogP contribution in [0.4, 0.5) is 14.5 Å². The van der Waals surface area contributed by atoms with Gasteiger partial charge in [-0.05, 0) is 25.5 Å². The number of nitrogens with one attached hydrogen (secondary N) is 1. The van der Waals surface area contributed by atoms with E-state index in [1.807, 2.05) is 6.07 Å². The Balaban J connectivity index is 2.94. The number of nitrogens with zero attached hydrogens (tertiary/aromatic N) is 1. The van der Waals surface area contributed by atoms with Crippen LogP contribution in [0.1, 0.15) is 20.3 Å². The van der Waals surface area contributed by atoms with Gasteiger partial charge in [-0.2, -0.15) is 14.0 Å². The van der Waals surface area contributed by atoms with E-state index < -0.39 is 17.9 Å². The van der Waals surface area contributed by atoms with Gasteiger partial charge in [0.15, 0.2) is 0 Å². The number of nitriles is 1. The number of amides is 1. The van der Waals surface area contributed by atoms with Gasteiger partial charge in [0, 0.05) is 0 Å². The van der Waals surface area contributed by atoms with Gasteiger partial charge in [-0.3, -0.25) is 4.79 Å². The first-order valence-corrected chi connectivity index (χ1v) is 5.69. The molecule has 6 heteroatoms. The molecule has 0 fully saturated rings. The lowest BCUT2D eigenvalue weighted by molar-refractivity contribution is -0.122. The summed E-state index contributed by atoms with van der Waals surface area (Å²) in [6.45, 7) is 0.204. The summed E-state index contributed by atoms with van der Waals surface area (Å²) in [6.07, 6.45) is 0.313. The summed E-state index contributed by atoms with van der Waals surface area (Å²) in [7, 11) is 0. The average molecular weight is 268 g/mol. The SMILES string of the molecule is CCC(C)(C#N)C(=O)Nc1ccccc1OC(F)F. The molecule has 4 nitrogen and oxygen atoms in total. The topological polar surface area (TPSA) is 62.1 Å². The summed E-state index contributed by atoms with van der Waals surface area (Å²) < 4.78 is 28.7. The van der Waals surface area contributed by atoms with Gasteiger partial charge < -0.3 is 10.1 Å². The number of halogens is 2. The summed E-state index contributed by atoms with van der Waals surface area (Å²) in [5.41, 5.74) is -1.10. The van der Waals surface area contributed by atoms with Crippen LogP contribution in [0, 0.1) is 16.7 Å². The molecule has 0 heterocycles. The predicted octanol–water partition coefficient (Wildman–Crippen LogP) is 3.17. The molecule has 1 aromatic carbocycles. The zero-order valence-electron chi connectivity index (χ0n) is 10.6.